The Morgan fingerprint density at radius 2 is 1.85 bits per heavy atom. The van der Waals surface area contributed by atoms with E-state index in [0.29, 0.717) is 6.04 Å². The molecular weight excluding hydrogens is 264 g/mol. The molecule has 102 valence electrons. The lowest BCUT2D eigenvalue weighted by molar-refractivity contribution is 0.776. The summed E-state index contributed by atoms with van der Waals surface area (Å²) in [6, 6.07) is 17.2. The van der Waals surface area contributed by atoms with Crippen molar-refractivity contribution in [2.75, 3.05) is 10.2 Å². The molecule has 0 bridgehead atoms. The molecule has 1 N–H and O–H groups in total. The summed E-state index contributed by atoms with van der Waals surface area (Å²) in [6.45, 7) is 4.30. The fourth-order valence-corrected chi connectivity index (χ4v) is 3.09. The molecule has 0 radical (unpaired) electrons. The van der Waals surface area contributed by atoms with Gasteiger partial charge in [0.15, 0.2) is 5.11 Å². The summed E-state index contributed by atoms with van der Waals surface area (Å²) in [5.41, 5.74) is 4.89. The predicted octanol–water partition coefficient (Wildman–Crippen LogP) is 4.14. The molecule has 1 aliphatic heterocycles. The Morgan fingerprint density at radius 1 is 1.15 bits per heavy atom. The summed E-state index contributed by atoms with van der Waals surface area (Å²) in [5, 5.41) is 4.11. The van der Waals surface area contributed by atoms with Crippen molar-refractivity contribution in [1.29, 1.82) is 0 Å². The predicted molar refractivity (Wildman–Crippen MR) is 89.5 cm³/mol. The van der Waals surface area contributed by atoms with Crippen molar-refractivity contribution in [3.05, 3.63) is 59.7 Å². The van der Waals surface area contributed by atoms with Crippen molar-refractivity contribution in [3.8, 4) is 0 Å². The molecular formula is C17H18N2S. The van der Waals surface area contributed by atoms with Crippen LogP contribution in [-0.2, 0) is 6.42 Å². The van der Waals surface area contributed by atoms with Gasteiger partial charge in [0, 0.05) is 17.4 Å². The molecule has 0 unspecified atom stereocenters. The highest BCUT2D eigenvalue weighted by Gasteiger charge is 2.28. The smallest absolute Gasteiger partial charge is 0.178 e. The highest BCUT2D eigenvalue weighted by atomic mass is 32.1. The second-order valence-electron chi connectivity index (χ2n) is 5.35. The fraction of sp³-hybridized carbons (Fsp3) is 0.235. The molecule has 0 fully saturated rings. The molecule has 0 aliphatic carbocycles. The van der Waals surface area contributed by atoms with Crippen LogP contribution in [0.4, 0.5) is 11.4 Å². The number of nitrogens with one attached hydrogen (secondary N) is 1. The van der Waals surface area contributed by atoms with E-state index in [9.17, 15) is 0 Å². The first-order valence-electron chi connectivity index (χ1n) is 6.90. The summed E-state index contributed by atoms with van der Waals surface area (Å²) in [5.74, 6) is 0. The van der Waals surface area contributed by atoms with Crippen LogP contribution in [0.5, 0.6) is 0 Å². The van der Waals surface area contributed by atoms with Crippen molar-refractivity contribution < 1.29 is 0 Å². The van der Waals surface area contributed by atoms with Crippen LogP contribution in [-0.4, -0.2) is 11.2 Å². The van der Waals surface area contributed by atoms with E-state index < -0.39 is 0 Å². The average molecular weight is 282 g/mol. The summed E-state index contributed by atoms with van der Waals surface area (Å²) in [6.07, 6.45) is 1.05. The minimum atomic E-state index is 0.401. The number of hydrogen-bond acceptors (Lipinski definition) is 1. The monoisotopic (exact) mass is 282 g/mol. The van der Waals surface area contributed by atoms with Gasteiger partial charge in [0.2, 0.25) is 0 Å². The van der Waals surface area contributed by atoms with E-state index in [1.807, 2.05) is 0 Å². The van der Waals surface area contributed by atoms with Crippen LogP contribution in [0.1, 0.15) is 18.1 Å². The van der Waals surface area contributed by atoms with Gasteiger partial charge in [-0.1, -0.05) is 35.9 Å². The van der Waals surface area contributed by atoms with Crippen molar-refractivity contribution >= 4 is 28.7 Å². The van der Waals surface area contributed by atoms with Gasteiger partial charge in [-0.15, -0.1) is 0 Å². The van der Waals surface area contributed by atoms with Gasteiger partial charge in [-0.2, -0.15) is 0 Å². The van der Waals surface area contributed by atoms with Crippen molar-refractivity contribution in [2.24, 2.45) is 0 Å². The van der Waals surface area contributed by atoms with E-state index in [0.717, 1.165) is 17.2 Å². The number of aryl methyl sites for hydroxylation is 1. The average Bonchev–Trinajstić information content (AvgIpc) is 2.77. The van der Waals surface area contributed by atoms with E-state index in [-0.39, 0.29) is 0 Å². The SMILES string of the molecule is Cc1ccc(NC(=S)N2c3ccccc3C[C@H]2C)cc1. The van der Waals surface area contributed by atoms with Gasteiger partial charge in [0.1, 0.15) is 0 Å². The van der Waals surface area contributed by atoms with Crippen molar-refractivity contribution in [1.82, 2.24) is 0 Å². The van der Waals surface area contributed by atoms with E-state index in [2.05, 4.69) is 72.6 Å². The highest BCUT2D eigenvalue weighted by Crippen LogP contribution is 2.32. The van der Waals surface area contributed by atoms with Gasteiger partial charge in [-0.25, -0.2) is 0 Å². The second-order valence-corrected chi connectivity index (χ2v) is 5.73. The number of anilines is 2. The number of nitrogens with zero attached hydrogens (tertiary/aromatic N) is 1. The molecule has 2 aromatic rings. The van der Waals surface area contributed by atoms with Crippen LogP contribution < -0.4 is 10.2 Å². The normalized spacial score (nSPS) is 16.9. The van der Waals surface area contributed by atoms with Gasteiger partial charge in [0.25, 0.3) is 0 Å². The third-order valence-electron chi connectivity index (χ3n) is 3.73. The first-order chi connectivity index (χ1) is 9.65. The maximum atomic E-state index is 5.60. The maximum absolute atomic E-state index is 5.60. The van der Waals surface area contributed by atoms with Crippen LogP contribution in [0.15, 0.2) is 48.5 Å². The lowest BCUT2D eigenvalue weighted by Crippen LogP contribution is -2.38. The van der Waals surface area contributed by atoms with Crippen LogP contribution >= 0.6 is 12.2 Å². The molecule has 0 saturated heterocycles. The summed E-state index contributed by atoms with van der Waals surface area (Å²) in [7, 11) is 0. The standard InChI is InChI=1S/C17H18N2S/c1-12-7-9-15(10-8-12)18-17(20)19-13(2)11-14-5-3-4-6-16(14)19/h3-10,13H,11H2,1-2H3,(H,18,20)/t13-/m1/s1. The zero-order valence-corrected chi connectivity index (χ0v) is 12.6. The van der Waals surface area contributed by atoms with Crippen LogP contribution in [0, 0.1) is 6.92 Å². The topological polar surface area (TPSA) is 15.3 Å². The lowest BCUT2D eigenvalue weighted by Gasteiger charge is -2.26. The fourth-order valence-electron chi connectivity index (χ4n) is 2.70. The van der Waals surface area contributed by atoms with E-state index in [1.54, 1.807) is 0 Å². The Bertz CT molecular complexity index is 634. The molecule has 0 spiro atoms. The number of hydrogen-bond donors (Lipinski definition) is 1. The molecule has 1 atom stereocenters. The maximum Gasteiger partial charge on any atom is 0.178 e. The van der Waals surface area contributed by atoms with Gasteiger partial charge in [-0.3, -0.25) is 0 Å². The third-order valence-corrected chi connectivity index (χ3v) is 4.03. The zero-order chi connectivity index (χ0) is 14.1. The number of benzene rings is 2. The van der Waals surface area contributed by atoms with Gasteiger partial charge < -0.3 is 10.2 Å². The third kappa shape index (κ3) is 2.41. The minimum Gasteiger partial charge on any atom is -0.332 e. The number of rotatable bonds is 1. The van der Waals surface area contributed by atoms with Crippen molar-refractivity contribution in [2.45, 2.75) is 26.3 Å². The molecule has 0 aromatic heterocycles. The molecule has 0 saturated carbocycles. The summed E-state index contributed by atoms with van der Waals surface area (Å²) >= 11 is 5.60. The molecule has 0 amide bonds. The van der Waals surface area contributed by atoms with E-state index in [4.69, 9.17) is 12.2 Å². The van der Waals surface area contributed by atoms with Crippen LogP contribution in [0.3, 0.4) is 0 Å². The van der Waals surface area contributed by atoms with Gasteiger partial charge in [0.05, 0.1) is 0 Å². The lowest BCUT2D eigenvalue weighted by atomic mass is 10.1. The largest absolute Gasteiger partial charge is 0.332 e. The van der Waals surface area contributed by atoms with E-state index >= 15 is 0 Å². The van der Waals surface area contributed by atoms with Gasteiger partial charge in [-0.05, 0) is 56.2 Å². The van der Waals surface area contributed by atoms with Gasteiger partial charge >= 0.3 is 0 Å². The van der Waals surface area contributed by atoms with E-state index in [1.165, 1.54) is 16.8 Å². The van der Waals surface area contributed by atoms with Crippen molar-refractivity contribution in [3.63, 3.8) is 0 Å². The Morgan fingerprint density at radius 3 is 2.60 bits per heavy atom. The summed E-state index contributed by atoms with van der Waals surface area (Å²) in [4.78, 5) is 2.21. The quantitative estimate of drug-likeness (QED) is 0.791. The first-order valence-corrected chi connectivity index (χ1v) is 7.31. The first kappa shape index (κ1) is 13.1. The molecule has 3 rings (SSSR count). The molecule has 1 aliphatic rings. The molecule has 3 heteroatoms. The Labute approximate surface area is 125 Å². The zero-order valence-electron chi connectivity index (χ0n) is 11.8. The number of fused-ring (bicyclic) bond motifs is 1. The Kier molecular flexibility index (Phi) is 3.45. The summed E-state index contributed by atoms with van der Waals surface area (Å²) < 4.78 is 0. The molecule has 2 aromatic carbocycles. The molecule has 2 nitrogen and oxygen atoms in total. The highest BCUT2D eigenvalue weighted by molar-refractivity contribution is 7.80. The van der Waals surface area contributed by atoms with Crippen LogP contribution in [0.2, 0.25) is 0 Å². The van der Waals surface area contributed by atoms with Crippen LogP contribution in [0.25, 0.3) is 0 Å². The number of para-hydroxylation sites is 1. The molecule has 1 heterocycles. The Balaban J connectivity index is 1.82. The second kappa shape index (κ2) is 5.25. The molecule has 20 heavy (non-hydrogen) atoms. The number of thiocarbonyl (C=S) groups is 1. The minimum absolute atomic E-state index is 0.401. The Hall–Kier alpha value is -1.87.